The molecule has 2 heterocycles. The van der Waals surface area contributed by atoms with Crippen molar-refractivity contribution >= 4 is 5.82 Å². The first kappa shape index (κ1) is 22.2. The van der Waals surface area contributed by atoms with Crippen molar-refractivity contribution in [2.75, 3.05) is 13.2 Å². The molecule has 0 saturated carbocycles. The molecule has 4 rings (SSSR count). The van der Waals surface area contributed by atoms with E-state index in [2.05, 4.69) is 21.6 Å². The van der Waals surface area contributed by atoms with Crippen molar-refractivity contribution in [3.05, 3.63) is 70.4 Å². The Kier molecular flexibility index (Phi) is 6.19. The lowest BCUT2D eigenvalue weighted by molar-refractivity contribution is -0.389. The number of nitro groups is 1. The number of imidazole rings is 1. The fourth-order valence-corrected chi connectivity index (χ4v) is 3.15. The van der Waals surface area contributed by atoms with Crippen LogP contribution in [0.1, 0.15) is 5.56 Å². The fraction of sp³-hybridized carbons (Fsp3) is 0.227. The van der Waals surface area contributed by atoms with E-state index in [0.29, 0.717) is 6.54 Å². The van der Waals surface area contributed by atoms with E-state index in [1.807, 2.05) is 12.1 Å². The number of nitrogens with zero attached hydrogens (tertiary/aromatic N) is 3. The summed E-state index contributed by atoms with van der Waals surface area (Å²) in [4.78, 5) is 14.0. The number of hydrogen-bond acceptors (Lipinski definition) is 6. The smallest absolute Gasteiger partial charge is 0.443 e. The van der Waals surface area contributed by atoms with Gasteiger partial charge in [0.25, 0.3) is 0 Å². The molecule has 0 fully saturated rings. The molecular formula is C22H16F3N3O5. The number of ether oxygens (including phenoxy) is 3. The average Bonchev–Trinajstić information content (AvgIpc) is 3.21. The van der Waals surface area contributed by atoms with E-state index in [4.69, 9.17) is 9.47 Å². The van der Waals surface area contributed by atoms with E-state index < -0.39 is 11.3 Å². The summed E-state index contributed by atoms with van der Waals surface area (Å²) in [5.41, 5.74) is 2.30. The highest BCUT2D eigenvalue weighted by Crippen LogP contribution is 2.27. The molecule has 2 aromatic carbocycles. The first-order chi connectivity index (χ1) is 15.8. The van der Waals surface area contributed by atoms with Crippen molar-refractivity contribution in [3.63, 3.8) is 0 Å². The van der Waals surface area contributed by atoms with E-state index in [1.165, 1.54) is 22.9 Å². The number of halogens is 3. The van der Waals surface area contributed by atoms with E-state index >= 15 is 0 Å². The Bertz CT molecular complexity index is 1200. The number of fused-ring (bicyclic) bond motifs is 1. The van der Waals surface area contributed by atoms with Crippen molar-refractivity contribution in [1.82, 2.24) is 9.55 Å². The van der Waals surface area contributed by atoms with Crippen molar-refractivity contribution < 1.29 is 32.3 Å². The van der Waals surface area contributed by atoms with Crippen LogP contribution >= 0.6 is 0 Å². The summed E-state index contributed by atoms with van der Waals surface area (Å²) in [6.45, 7) is 0.735. The van der Waals surface area contributed by atoms with E-state index in [0.717, 1.165) is 16.7 Å². The summed E-state index contributed by atoms with van der Waals surface area (Å²) in [6.07, 6.45) is -3.74. The van der Waals surface area contributed by atoms with Crippen LogP contribution in [0, 0.1) is 22.0 Å². The molecule has 33 heavy (non-hydrogen) atoms. The molecular weight excluding hydrogens is 443 g/mol. The Labute approximate surface area is 185 Å². The van der Waals surface area contributed by atoms with E-state index in [9.17, 15) is 23.3 Å². The van der Waals surface area contributed by atoms with Crippen LogP contribution in [0.15, 0.2) is 54.7 Å². The van der Waals surface area contributed by atoms with Crippen LogP contribution in [0.25, 0.3) is 11.1 Å². The number of rotatable bonds is 5. The number of hydrogen-bond donors (Lipinski definition) is 0. The Morgan fingerprint density at radius 1 is 1.15 bits per heavy atom. The van der Waals surface area contributed by atoms with Gasteiger partial charge in [-0.3, -0.25) is 4.57 Å². The standard InChI is InChI=1S/C22H16F3N3O5/c23-22(24,25)33-18-9-7-17(8-10-18)16-5-3-15(4-6-16)2-1-11-31-19-12-27-13-20(28(29)30)26-21(27)32-14-19/h3-10,13,19H,11-12,14H2/t19-/m0/s1. The lowest BCUT2D eigenvalue weighted by Gasteiger charge is -2.21. The molecule has 0 radical (unpaired) electrons. The Balaban J connectivity index is 1.29. The zero-order valence-corrected chi connectivity index (χ0v) is 16.9. The van der Waals surface area contributed by atoms with Crippen molar-refractivity contribution in [3.8, 4) is 34.7 Å². The second-order valence-electron chi connectivity index (χ2n) is 6.99. The normalized spacial score (nSPS) is 15.1. The van der Waals surface area contributed by atoms with Gasteiger partial charge in [-0.2, -0.15) is 0 Å². The first-order valence-electron chi connectivity index (χ1n) is 9.68. The summed E-state index contributed by atoms with van der Waals surface area (Å²) in [5.74, 6) is 5.31. The van der Waals surface area contributed by atoms with Gasteiger partial charge >= 0.3 is 18.2 Å². The molecule has 1 aliphatic rings. The Hall–Kier alpha value is -4.04. The first-order valence-corrected chi connectivity index (χ1v) is 9.68. The fourth-order valence-electron chi connectivity index (χ4n) is 3.15. The van der Waals surface area contributed by atoms with Gasteiger partial charge < -0.3 is 24.3 Å². The number of aromatic nitrogens is 2. The third-order valence-electron chi connectivity index (χ3n) is 4.64. The highest BCUT2D eigenvalue weighted by atomic mass is 19.4. The maximum absolute atomic E-state index is 12.3. The monoisotopic (exact) mass is 459 g/mol. The van der Waals surface area contributed by atoms with Crippen LogP contribution < -0.4 is 9.47 Å². The molecule has 0 spiro atoms. The third-order valence-corrected chi connectivity index (χ3v) is 4.64. The predicted molar refractivity (Wildman–Crippen MR) is 110 cm³/mol. The molecule has 8 nitrogen and oxygen atoms in total. The minimum Gasteiger partial charge on any atom is -0.443 e. The summed E-state index contributed by atoms with van der Waals surface area (Å²) >= 11 is 0. The van der Waals surface area contributed by atoms with Gasteiger partial charge in [0.2, 0.25) is 0 Å². The van der Waals surface area contributed by atoms with Crippen molar-refractivity contribution in [1.29, 1.82) is 0 Å². The van der Waals surface area contributed by atoms with E-state index in [-0.39, 0.29) is 36.9 Å². The minimum absolute atomic E-state index is 0.141. The zero-order chi connectivity index (χ0) is 23.4. The number of benzene rings is 2. The highest BCUT2D eigenvalue weighted by molar-refractivity contribution is 5.65. The van der Waals surface area contributed by atoms with Gasteiger partial charge in [-0.15, -0.1) is 13.2 Å². The molecule has 11 heteroatoms. The molecule has 0 N–H and O–H groups in total. The Morgan fingerprint density at radius 3 is 2.45 bits per heavy atom. The van der Waals surface area contributed by atoms with Crippen LogP contribution in [0.4, 0.5) is 19.0 Å². The molecule has 1 atom stereocenters. The molecule has 0 saturated heterocycles. The third kappa shape index (κ3) is 5.81. The maximum atomic E-state index is 12.3. The van der Waals surface area contributed by atoms with Crippen LogP contribution in [0.3, 0.4) is 0 Å². The van der Waals surface area contributed by atoms with Crippen molar-refractivity contribution in [2.45, 2.75) is 19.0 Å². The van der Waals surface area contributed by atoms with Gasteiger partial charge in [0, 0.05) is 10.5 Å². The molecule has 0 aliphatic carbocycles. The van der Waals surface area contributed by atoms with Gasteiger partial charge in [-0.25, -0.2) is 0 Å². The quantitative estimate of drug-likeness (QED) is 0.323. The molecule has 3 aromatic rings. The summed E-state index contributed by atoms with van der Waals surface area (Å²) in [5, 5.41) is 10.8. The predicted octanol–water partition coefficient (Wildman–Crippen LogP) is 4.19. The Morgan fingerprint density at radius 2 is 1.82 bits per heavy atom. The van der Waals surface area contributed by atoms with Crippen molar-refractivity contribution in [2.24, 2.45) is 0 Å². The SMILES string of the molecule is O=[N+]([O-])c1cn2c(n1)OC[C@@H](OCC#Cc1ccc(-c3ccc(OC(F)(F)F)cc3)cc1)C2. The second kappa shape index (κ2) is 9.22. The molecule has 0 bridgehead atoms. The summed E-state index contributed by atoms with van der Waals surface area (Å²) in [7, 11) is 0. The second-order valence-corrected chi connectivity index (χ2v) is 6.99. The van der Waals surface area contributed by atoms with Gasteiger partial charge in [-0.05, 0) is 40.3 Å². The van der Waals surface area contributed by atoms with Crippen LogP contribution in [0.5, 0.6) is 11.8 Å². The molecule has 170 valence electrons. The molecule has 1 aromatic heterocycles. The highest BCUT2D eigenvalue weighted by Gasteiger charge is 2.31. The summed E-state index contributed by atoms with van der Waals surface area (Å²) < 4.78 is 53.2. The molecule has 0 amide bonds. The van der Waals surface area contributed by atoms with Gasteiger partial charge in [0.05, 0.1) is 6.54 Å². The van der Waals surface area contributed by atoms with Crippen LogP contribution in [-0.2, 0) is 11.3 Å². The topological polar surface area (TPSA) is 88.7 Å². The largest absolute Gasteiger partial charge is 0.573 e. The lowest BCUT2D eigenvalue weighted by atomic mass is 10.0. The van der Waals surface area contributed by atoms with Gasteiger partial charge in [0.1, 0.15) is 31.3 Å². The van der Waals surface area contributed by atoms with Gasteiger partial charge in [0.15, 0.2) is 0 Å². The lowest BCUT2D eigenvalue weighted by Crippen LogP contribution is -2.32. The van der Waals surface area contributed by atoms with E-state index in [1.54, 1.807) is 24.3 Å². The molecule has 1 aliphatic heterocycles. The molecule has 0 unspecified atom stereocenters. The summed E-state index contributed by atoms with van der Waals surface area (Å²) in [6, 6.07) is 13.0. The van der Waals surface area contributed by atoms with Crippen LogP contribution in [0.2, 0.25) is 0 Å². The van der Waals surface area contributed by atoms with Crippen LogP contribution in [-0.4, -0.2) is 40.2 Å². The number of alkyl halides is 3. The minimum atomic E-state index is -4.72. The van der Waals surface area contributed by atoms with Gasteiger partial charge in [-0.1, -0.05) is 36.1 Å². The maximum Gasteiger partial charge on any atom is 0.573 e. The average molecular weight is 459 g/mol. The zero-order valence-electron chi connectivity index (χ0n) is 16.9.